The van der Waals surface area contributed by atoms with Gasteiger partial charge in [0.2, 0.25) is 15.9 Å². The van der Waals surface area contributed by atoms with Crippen LogP contribution in [0.5, 0.6) is 0 Å². The second-order valence-corrected chi connectivity index (χ2v) is 10.9. The summed E-state index contributed by atoms with van der Waals surface area (Å²) in [7, 11) is -2.01. The van der Waals surface area contributed by atoms with Gasteiger partial charge in [-0.25, -0.2) is 8.42 Å². The molecule has 2 fully saturated rings. The number of sulfonamides is 1. The number of para-hydroxylation sites is 1. The molecule has 2 aliphatic heterocycles. The van der Waals surface area contributed by atoms with E-state index in [2.05, 4.69) is 11.0 Å². The lowest BCUT2D eigenvalue weighted by atomic mass is 10.1. The van der Waals surface area contributed by atoms with E-state index in [1.165, 1.54) is 36.2 Å². The molecule has 182 valence electrons. The predicted octanol–water partition coefficient (Wildman–Crippen LogP) is 2.41. The van der Waals surface area contributed by atoms with E-state index in [0.29, 0.717) is 25.2 Å². The van der Waals surface area contributed by atoms with Crippen LogP contribution in [0.3, 0.4) is 0 Å². The maximum Gasteiger partial charge on any atom is 0.253 e. The van der Waals surface area contributed by atoms with Crippen LogP contribution in [0, 0.1) is 0 Å². The molecule has 8 nitrogen and oxygen atoms in total. The molecule has 0 atom stereocenters. The van der Waals surface area contributed by atoms with Gasteiger partial charge >= 0.3 is 0 Å². The first-order chi connectivity index (χ1) is 16.3. The van der Waals surface area contributed by atoms with Gasteiger partial charge in [-0.2, -0.15) is 4.31 Å². The van der Waals surface area contributed by atoms with Crippen molar-refractivity contribution in [1.82, 2.24) is 14.1 Å². The first kappa shape index (κ1) is 24.2. The fourth-order valence-electron chi connectivity index (χ4n) is 4.64. The Labute approximate surface area is 201 Å². The third-order valence-corrected chi connectivity index (χ3v) is 8.49. The van der Waals surface area contributed by atoms with Gasteiger partial charge in [0.1, 0.15) is 0 Å². The third-order valence-electron chi connectivity index (χ3n) is 6.60. The van der Waals surface area contributed by atoms with Crippen molar-refractivity contribution in [1.29, 1.82) is 0 Å². The molecule has 0 spiro atoms. The fraction of sp³-hybridized carbons (Fsp3) is 0.440. The highest BCUT2D eigenvalue weighted by molar-refractivity contribution is 7.89. The SMILES string of the molecule is CC(=O)N1CCN(S(=O)(=O)c2cccc(C(=O)N(C)Cc3ccccc3N3CCCC3)c2)CC1. The highest BCUT2D eigenvalue weighted by Crippen LogP contribution is 2.26. The quantitative estimate of drug-likeness (QED) is 0.629. The Morgan fingerprint density at radius 1 is 0.912 bits per heavy atom. The van der Waals surface area contributed by atoms with Crippen molar-refractivity contribution in [2.45, 2.75) is 31.2 Å². The molecular weight excluding hydrogens is 452 g/mol. The summed E-state index contributed by atoms with van der Waals surface area (Å²) in [5.74, 6) is -0.284. The van der Waals surface area contributed by atoms with Crippen LogP contribution in [0.15, 0.2) is 53.4 Å². The van der Waals surface area contributed by atoms with Crippen LogP contribution in [0.1, 0.15) is 35.7 Å². The van der Waals surface area contributed by atoms with E-state index in [9.17, 15) is 18.0 Å². The lowest BCUT2D eigenvalue weighted by molar-refractivity contribution is -0.129. The number of piperazine rings is 1. The van der Waals surface area contributed by atoms with E-state index >= 15 is 0 Å². The van der Waals surface area contributed by atoms with Crippen LogP contribution in [-0.2, 0) is 21.4 Å². The van der Waals surface area contributed by atoms with Crippen molar-refractivity contribution in [3.63, 3.8) is 0 Å². The number of hydrogen-bond donors (Lipinski definition) is 0. The van der Waals surface area contributed by atoms with Crippen molar-refractivity contribution in [3.05, 3.63) is 59.7 Å². The van der Waals surface area contributed by atoms with E-state index in [4.69, 9.17) is 0 Å². The highest BCUT2D eigenvalue weighted by atomic mass is 32.2. The number of amides is 2. The average molecular weight is 485 g/mol. The molecule has 0 bridgehead atoms. The van der Waals surface area contributed by atoms with Crippen molar-refractivity contribution in [2.24, 2.45) is 0 Å². The normalized spacial score (nSPS) is 17.1. The molecule has 2 heterocycles. The standard InChI is InChI=1S/C25H32N4O4S/c1-20(30)27-14-16-29(17-15-27)34(32,33)23-10-7-9-21(18-23)25(31)26(2)19-22-8-3-4-11-24(22)28-12-5-6-13-28/h3-4,7-11,18H,5-6,12-17,19H2,1-2H3. The second-order valence-electron chi connectivity index (χ2n) is 8.92. The monoisotopic (exact) mass is 484 g/mol. The zero-order chi connectivity index (χ0) is 24.3. The lowest BCUT2D eigenvalue weighted by Crippen LogP contribution is -2.49. The van der Waals surface area contributed by atoms with E-state index in [0.717, 1.165) is 24.3 Å². The fourth-order valence-corrected chi connectivity index (χ4v) is 6.11. The van der Waals surface area contributed by atoms with Gasteiger partial charge in [0.05, 0.1) is 4.90 Å². The average Bonchev–Trinajstić information content (AvgIpc) is 3.39. The van der Waals surface area contributed by atoms with Gasteiger partial charge in [0.15, 0.2) is 0 Å². The van der Waals surface area contributed by atoms with Crippen LogP contribution in [-0.4, -0.2) is 80.7 Å². The van der Waals surface area contributed by atoms with E-state index in [1.54, 1.807) is 29.0 Å². The van der Waals surface area contributed by atoms with E-state index in [-0.39, 0.29) is 29.8 Å². The topological polar surface area (TPSA) is 81.2 Å². The van der Waals surface area contributed by atoms with Gasteiger partial charge in [-0.15, -0.1) is 0 Å². The van der Waals surface area contributed by atoms with Gasteiger partial charge in [-0.05, 0) is 42.7 Å². The van der Waals surface area contributed by atoms with Crippen LogP contribution < -0.4 is 4.90 Å². The molecule has 0 N–H and O–H groups in total. The number of benzene rings is 2. The summed E-state index contributed by atoms with van der Waals surface area (Å²) in [6.45, 7) is 5.19. The maximum atomic E-state index is 13.2. The minimum absolute atomic E-state index is 0.0565. The number of hydrogen-bond acceptors (Lipinski definition) is 5. The molecule has 4 rings (SSSR count). The molecule has 9 heteroatoms. The molecule has 0 unspecified atom stereocenters. The molecule has 2 saturated heterocycles. The van der Waals surface area contributed by atoms with E-state index < -0.39 is 10.0 Å². The molecule has 2 aliphatic rings. The minimum atomic E-state index is -3.75. The number of rotatable bonds is 6. The van der Waals surface area contributed by atoms with Gasteiger partial charge in [0, 0.05) is 71.0 Å². The van der Waals surface area contributed by atoms with Crippen molar-refractivity contribution in [3.8, 4) is 0 Å². The second kappa shape index (κ2) is 10.1. The number of carbonyl (C=O) groups is 2. The van der Waals surface area contributed by atoms with Gasteiger partial charge in [-0.1, -0.05) is 24.3 Å². The summed E-state index contributed by atoms with van der Waals surface area (Å²) in [4.78, 5) is 30.5. The van der Waals surface area contributed by atoms with E-state index in [1.807, 2.05) is 18.2 Å². The Kier molecular flexibility index (Phi) is 7.23. The largest absolute Gasteiger partial charge is 0.371 e. The molecular formula is C25H32N4O4S. The molecule has 0 radical (unpaired) electrons. The number of anilines is 1. The Morgan fingerprint density at radius 3 is 2.26 bits per heavy atom. The van der Waals surface area contributed by atoms with Crippen LogP contribution in [0.4, 0.5) is 5.69 Å². The Bertz CT molecular complexity index is 1150. The predicted molar refractivity (Wildman–Crippen MR) is 131 cm³/mol. The first-order valence-electron chi connectivity index (χ1n) is 11.7. The van der Waals surface area contributed by atoms with Crippen LogP contribution in [0.25, 0.3) is 0 Å². The summed E-state index contributed by atoms with van der Waals surface area (Å²) < 4.78 is 27.7. The molecule has 34 heavy (non-hydrogen) atoms. The lowest BCUT2D eigenvalue weighted by Gasteiger charge is -2.33. The summed E-state index contributed by atoms with van der Waals surface area (Å²) in [5.41, 5.74) is 2.57. The van der Waals surface area contributed by atoms with Gasteiger partial charge in [-0.3, -0.25) is 9.59 Å². The van der Waals surface area contributed by atoms with Gasteiger partial charge in [0.25, 0.3) is 5.91 Å². The van der Waals surface area contributed by atoms with Crippen molar-refractivity contribution >= 4 is 27.5 Å². The molecule has 2 amide bonds. The molecule has 2 aromatic rings. The Balaban J connectivity index is 1.48. The Morgan fingerprint density at radius 2 is 1.59 bits per heavy atom. The third kappa shape index (κ3) is 5.10. The summed E-state index contributed by atoms with van der Waals surface area (Å²) in [6.07, 6.45) is 2.35. The van der Waals surface area contributed by atoms with Crippen LogP contribution >= 0.6 is 0 Å². The molecule has 0 aliphatic carbocycles. The molecule has 0 aromatic heterocycles. The zero-order valence-electron chi connectivity index (χ0n) is 19.8. The van der Waals surface area contributed by atoms with Gasteiger partial charge < -0.3 is 14.7 Å². The maximum absolute atomic E-state index is 13.2. The summed E-state index contributed by atoms with van der Waals surface area (Å²) >= 11 is 0. The highest BCUT2D eigenvalue weighted by Gasteiger charge is 2.30. The summed E-state index contributed by atoms with van der Waals surface area (Å²) in [6, 6.07) is 14.4. The smallest absolute Gasteiger partial charge is 0.253 e. The van der Waals surface area contributed by atoms with Crippen molar-refractivity contribution in [2.75, 3.05) is 51.2 Å². The Hall–Kier alpha value is -2.91. The zero-order valence-corrected chi connectivity index (χ0v) is 20.6. The number of nitrogens with zero attached hydrogens (tertiary/aromatic N) is 4. The molecule has 2 aromatic carbocycles. The van der Waals surface area contributed by atoms with Crippen LogP contribution in [0.2, 0.25) is 0 Å². The first-order valence-corrected chi connectivity index (χ1v) is 13.2. The minimum Gasteiger partial charge on any atom is -0.371 e. The van der Waals surface area contributed by atoms with Crippen molar-refractivity contribution < 1.29 is 18.0 Å². The number of carbonyl (C=O) groups excluding carboxylic acids is 2. The summed E-state index contributed by atoms with van der Waals surface area (Å²) in [5, 5.41) is 0. The molecule has 0 saturated carbocycles.